The van der Waals surface area contributed by atoms with Gasteiger partial charge in [-0.25, -0.2) is 0 Å². The summed E-state index contributed by atoms with van der Waals surface area (Å²) in [6, 6.07) is 10.0. The molecule has 1 N–H and O–H groups in total. The Morgan fingerprint density at radius 3 is 3.00 bits per heavy atom. The molecule has 1 atom stereocenters. The van der Waals surface area contributed by atoms with Gasteiger partial charge < -0.3 is 5.32 Å². The summed E-state index contributed by atoms with van der Waals surface area (Å²) in [5.41, 5.74) is 2.15. The molecule has 1 heterocycles. The zero-order valence-corrected chi connectivity index (χ0v) is 13.3. The molecule has 0 spiro atoms. The monoisotopic (exact) mass is 383 g/mol. The summed E-state index contributed by atoms with van der Waals surface area (Å²) in [5.74, 6) is 0.148. The van der Waals surface area contributed by atoms with Gasteiger partial charge in [-0.1, -0.05) is 12.1 Å². The first-order valence-corrected chi connectivity index (χ1v) is 8.33. The highest BCUT2D eigenvalue weighted by Crippen LogP contribution is 2.35. The maximum absolute atomic E-state index is 12.5. The Kier molecular flexibility index (Phi) is 3.88. The fourth-order valence-corrected chi connectivity index (χ4v) is 4.05. The lowest BCUT2D eigenvalue weighted by Gasteiger charge is -2.22. The van der Waals surface area contributed by atoms with Crippen LogP contribution in [0.1, 0.15) is 29.2 Å². The number of benzene rings is 1. The second-order valence-corrected chi connectivity index (χ2v) is 6.88. The number of fused-ring (bicyclic) bond motifs is 1. The number of carbonyl (C=O) groups excluding carboxylic acids is 1. The summed E-state index contributed by atoms with van der Waals surface area (Å²) in [6.45, 7) is 0. The summed E-state index contributed by atoms with van der Waals surface area (Å²) in [5, 5.41) is 5.17. The Bertz CT molecular complexity index is 608. The molecule has 4 heteroatoms. The minimum atomic E-state index is 0.0195. The van der Waals surface area contributed by atoms with Crippen molar-refractivity contribution in [2.45, 2.75) is 25.2 Å². The lowest BCUT2D eigenvalue weighted by molar-refractivity contribution is -0.117. The fourth-order valence-electron chi connectivity index (χ4n) is 2.54. The van der Waals surface area contributed by atoms with Crippen LogP contribution in [0.15, 0.2) is 35.7 Å². The predicted octanol–water partition coefficient (Wildman–Crippen LogP) is 4.41. The van der Waals surface area contributed by atoms with E-state index in [2.05, 4.69) is 39.4 Å². The molecule has 3 rings (SSSR count). The van der Waals surface area contributed by atoms with Crippen LogP contribution in [0.3, 0.4) is 0 Å². The van der Waals surface area contributed by atoms with Crippen LogP contribution >= 0.6 is 33.9 Å². The number of rotatable bonds is 2. The fraction of sp³-hybridized carbons (Fsp3) is 0.267. The molecule has 1 aromatic carbocycles. The number of hydrogen-bond acceptors (Lipinski definition) is 2. The third kappa shape index (κ3) is 2.69. The Morgan fingerprint density at radius 2 is 2.16 bits per heavy atom. The third-order valence-corrected chi connectivity index (χ3v) is 5.44. The van der Waals surface area contributed by atoms with Crippen LogP contribution in [-0.2, 0) is 11.2 Å². The van der Waals surface area contributed by atoms with Gasteiger partial charge in [-0.3, -0.25) is 4.79 Å². The lowest BCUT2D eigenvalue weighted by atomic mass is 9.87. The summed E-state index contributed by atoms with van der Waals surface area (Å²) in [7, 11) is 0. The number of anilines is 1. The van der Waals surface area contributed by atoms with Crippen molar-refractivity contribution in [1.29, 1.82) is 0 Å². The van der Waals surface area contributed by atoms with E-state index in [1.165, 1.54) is 10.4 Å². The molecule has 1 amide bonds. The van der Waals surface area contributed by atoms with Crippen molar-refractivity contribution in [2.24, 2.45) is 0 Å². The van der Waals surface area contributed by atoms with Crippen LogP contribution in [-0.4, -0.2) is 5.91 Å². The van der Waals surface area contributed by atoms with E-state index in [1.54, 1.807) is 11.3 Å². The average Bonchev–Trinajstić information content (AvgIpc) is 2.89. The van der Waals surface area contributed by atoms with Gasteiger partial charge in [-0.2, -0.15) is 0 Å². The molecule has 0 radical (unpaired) electrons. The van der Waals surface area contributed by atoms with E-state index < -0.39 is 0 Å². The number of amides is 1. The Balaban J connectivity index is 1.81. The van der Waals surface area contributed by atoms with Crippen LogP contribution in [0.25, 0.3) is 0 Å². The van der Waals surface area contributed by atoms with E-state index in [4.69, 9.17) is 0 Å². The standard InChI is InChI=1S/C15H14INOS/c16-12-5-1-2-6-13(12)17-15(18)11-4-3-7-14-10(11)8-9-19-14/h1-2,5-6,8-9,11H,3-4,7H2,(H,17,18). The zero-order chi connectivity index (χ0) is 13.2. The highest BCUT2D eigenvalue weighted by atomic mass is 127. The van der Waals surface area contributed by atoms with Crippen LogP contribution in [0.5, 0.6) is 0 Å². The average molecular weight is 383 g/mol. The van der Waals surface area contributed by atoms with E-state index in [0.717, 1.165) is 28.5 Å². The number of aryl methyl sites for hydroxylation is 1. The first kappa shape index (κ1) is 13.1. The summed E-state index contributed by atoms with van der Waals surface area (Å²) in [6.07, 6.45) is 3.19. The van der Waals surface area contributed by atoms with Gasteiger partial charge in [0.05, 0.1) is 11.6 Å². The van der Waals surface area contributed by atoms with E-state index in [1.807, 2.05) is 24.3 Å². The molecule has 0 fully saturated rings. The minimum absolute atomic E-state index is 0.0195. The first-order chi connectivity index (χ1) is 9.25. The highest BCUT2D eigenvalue weighted by Gasteiger charge is 2.27. The number of nitrogens with one attached hydrogen (secondary N) is 1. The SMILES string of the molecule is O=C(Nc1ccccc1I)C1CCCc2sccc21. The third-order valence-electron chi connectivity index (χ3n) is 3.50. The molecule has 1 aliphatic rings. The number of hydrogen-bond donors (Lipinski definition) is 1. The summed E-state index contributed by atoms with van der Waals surface area (Å²) in [4.78, 5) is 13.9. The van der Waals surface area contributed by atoms with E-state index in [9.17, 15) is 4.79 Å². The maximum Gasteiger partial charge on any atom is 0.231 e. The first-order valence-electron chi connectivity index (χ1n) is 6.37. The largest absolute Gasteiger partial charge is 0.325 e. The molecule has 2 nitrogen and oxygen atoms in total. The van der Waals surface area contributed by atoms with Crippen molar-refractivity contribution in [3.05, 3.63) is 49.7 Å². The number of carbonyl (C=O) groups is 1. The molecule has 0 bridgehead atoms. The molecule has 19 heavy (non-hydrogen) atoms. The topological polar surface area (TPSA) is 29.1 Å². The minimum Gasteiger partial charge on any atom is -0.325 e. The lowest BCUT2D eigenvalue weighted by Crippen LogP contribution is -2.24. The molecular weight excluding hydrogens is 369 g/mol. The van der Waals surface area contributed by atoms with Crippen molar-refractivity contribution in [2.75, 3.05) is 5.32 Å². The van der Waals surface area contributed by atoms with Gasteiger partial charge in [0.1, 0.15) is 0 Å². The molecule has 0 saturated carbocycles. The molecule has 1 aromatic heterocycles. The molecular formula is C15H14INOS. The number of halogens is 1. The Hall–Kier alpha value is -0.880. The second-order valence-electron chi connectivity index (χ2n) is 4.71. The van der Waals surface area contributed by atoms with Gasteiger partial charge in [0.25, 0.3) is 0 Å². The molecule has 98 valence electrons. The van der Waals surface area contributed by atoms with E-state index in [0.29, 0.717) is 0 Å². The maximum atomic E-state index is 12.5. The smallest absolute Gasteiger partial charge is 0.231 e. The van der Waals surface area contributed by atoms with Gasteiger partial charge in [-0.15, -0.1) is 11.3 Å². The van der Waals surface area contributed by atoms with Crippen LogP contribution in [0, 0.1) is 3.57 Å². The van der Waals surface area contributed by atoms with E-state index in [-0.39, 0.29) is 11.8 Å². The Labute approximate surface area is 130 Å². The molecule has 2 aromatic rings. The van der Waals surface area contributed by atoms with Crippen molar-refractivity contribution < 1.29 is 4.79 Å². The highest BCUT2D eigenvalue weighted by molar-refractivity contribution is 14.1. The second kappa shape index (κ2) is 5.63. The normalized spacial score (nSPS) is 17.8. The zero-order valence-electron chi connectivity index (χ0n) is 10.4. The predicted molar refractivity (Wildman–Crippen MR) is 87.8 cm³/mol. The molecule has 0 aliphatic heterocycles. The van der Waals surface area contributed by atoms with E-state index >= 15 is 0 Å². The Morgan fingerprint density at radius 1 is 1.32 bits per heavy atom. The summed E-state index contributed by atoms with van der Waals surface area (Å²) >= 11 is 4.03. The number of para-hydroxylation sites is 1. The van der Waals surface area contributed by atoms with Gasteiger partial charge >= 0.3 is 0 Å². The quantitative estimate of drug-likeness (QED) is 0.765. The van der Waals surface area contributed by atoms with Crippen LogP contribution in [0.2, 0.25) is 0 Å². The van der Waals surface area contributed by atoms with Gasteiger partial charge in [0.2, 0.25) is 5.91 Å². The van der Waals surface area contributed by atoms with Crippen molar-refractivity contribution >= 4 is 45.5 Å². The summed E-state index contributed by atoms with van der Waals surface area (Å²) < 4.78 is 1.08. The van der Waals surface area contributed by atoms with Gasteiger partial charge in [0.15, 0.2) is 0 Å². The molecule has 1 unspecified atom stereocenters. The van der Waals surface area contributed by atoms with Gasteiger partial charge in [-0.05, 0) is 71.0 Å². The van der Waals surface area contributed by atoms with Crippen molar-refractivity contribution in [1.82, 2.24) is 0 Å². The van der Waals surface area contributed by atoms with Crippen LogP contribution < -0.4 is 5.32 Å². The van der Waals surface area contributed by atoms with Crippen molar-refractivity contribution in [3.63, 3.8) is 0 Å². The van der Waals surface area contributed by atoms with Gasteiger partial charge in [0, 0.05) is 8.45 Å². The van der Waals surface area contributed by atoms with Crippen LogP contribution in [0.4, 0.5) is 5.69 Å². The molecule has 0 saturated heterocycles. The number of thiophene rings is 1. The van der Waals surface area contributed by atoms with Crippen molar-refractivity contribution in [3.8, 4) is 0 Å². The molecule has 1 aliphatic carbocycles.